The number of morpholine rings is 1. The van der Waals surface area contributed by atoms with Crippen molar-refractivity contribution < 1.29 is 9.47 Å². The Balaban J connectivity index is 1.26. The van der Waals surface area contributed by atoms with Gasteiger partial charge in [0, 0.05) is 43.8 Å². The lowest BCUT2D eigenvalue weighted by Crippen LogP contribution is -2.44. The van der Waals surface area contributed by atoms with Gasteiger partial charge >= 0.3 is 0 Å². The first-order chi connectivity index (χ1) is 16.9. The molecule has 1 aliphatic carbocycles. The van der Waals surface area contributed by atoms with E-state index >= 15 is 0 Å². The molecule has 2 atom stereocenters. The summed E-state index contributed by atoms with van der Waals surface area (Å²) in [6.07, 6.45) is 7.77. The number of nitrogens with zero attached hydrogens (tertiary/aromatic N) is 3. The number of benzene rings is 1. The fourth-order valence-electron chi connectivity index (χ4n) is 4.93. The van der Waals surface area contributed by atoms with Gasteiger partial charge in [-0.25, -0.2) is 0 Å². The van der Waals surface area contributed by atoms with Crippen LogP contribution in [0.25, 0.3) is 11.8 Å². The second-order valence-corrected chi connectivity index (χ2v) is 9.88. The predicted molar refractivity (Wildman–Crippen MR) is 138 cm³/mol. The van der Waals surface area contributed by atoms with Crippen LogP contribution in [0.2, 0.25) is 5.02 Å². The van der Waals surface area contributed by atoms with Crippen LogP contribution >= 0.6 is 11.6 Å². The molecule has 0 spiro atoms. The van der Waals surface area contributed by atoms with Crippen LogP contribution in [-0.2, 0) is 24.3 Å². The van der Waals surface area contributed by atoms with Crippen LogP contribution in [0, 0.1) is 0 Å². The van der Waals surface area contributed by atoms with E-state index in [2.05, 4.69) is 48.0 Å². The van der Waals surface area contributed by atoms with Gasteiger partial charge in [0.05, 0.1) is 22.9 Å². The number of fused-ring (bicyclic) bond motifs is 1. The Morgan fingerprint density at radius 1 is 1.09 bits per heavy atom. The maximum absolute atomic E-state index is 12.8. The van der Waals surface area contributed by atoms with Crippen LogP contribution in [0.15, 0.2) is 59.7 Å². The summed E-state index contributed by atoms with van der Waals surface area (Å²) in [6, 6.07) is 13.6. The van der Waals surface area contributed by atoms with E-state index in [-0.39, 0.29) is 24.4 Å². The minimum atomic E-state index is -0.103. The molecule has 3 heterocycles. The van der Waals surface area contributed by atoms with Gasteiger partial charge in [-0.2, -0.15) is 0 Å². The fraction of sp³-hybridized carbons (Fsp3) is 0.357. The largest absolute Gasteiger partial charge is 0.487 e. The molecule has 1 aromatic carbocycles. The van der Waals surface area contributed by atoms with Crippen LogP contribution in [0.4, 0.5) is 0 Å². The number of aromatic nitrogens is 2. The van der Waals surface area contributed by atoms with Crippen molar-refractivity contribution in [2.45, 2.75) is 52.0 Å². The van der Waals surface area contributed by atoms with Crippen LogP contribution < -0.4 is 10.3 Å². The topological polar surface area (TPSA) is 56.6 Å². The Labute approximate surface area is 210 Å². The van der Waals surface area contributed by atoms with Crippen molar-refractivity contribution in [2.75, 3.05) is 13.1 Å². The Morgan fingerprint density at radius 2 is 1.91 bits per heavy atom. The van der Waals surface area contributed by atoms with Crippen molar-refractivity contribution in [3.05, 3.63) is 92.6 Å². The SMILES string of the molecule is C[C@@H]1CN(Cc2ccc3c(c2)CCC(n2ccc(OCc4ccc(Cl)cn4)cc2=O)=C3)C[C@H](C)O1. The van der Waals surface area contributed by atoms with Gasteiger partial charge in [0.15, 0.2) is 0 Å². The normalized spacial score (nSPS) is 20.3. The summed E-state index contributed by atoms with van der Waals surface area (Å²) in [4.78, 5) is 19.5. The molecule has 0 unspecified atom stereocenters. The first-order valence-corrected chi connectivity index (χ1v) is 12.5. The van der Waals surface area contributed by atoms with Crippen molar-refractivity contribution in [1.82, 2.24) is 14.5 Å². The quantitative estimate of drug-likeness (QED) is 0.484. The lowest BCUT2D eigenvalue weighted by Gasteiger charge is -2.35. The zero-order valence-corrected chi connectivity index (χ0v) is 20.9. The van der Waals surface area contributed by atoms with Gasteiger partial charge in [-0.1, -0.05) is 29.8 Å². The van der Waals surface area contributed by atoms with E-state index in [1.807, 2.05) is 6.07 Å². The number of halogens is 1. The summed E-state index contributed by atoms with van der Waals surface area (Å²) in [6.45, 7) is 7.42. The Bertz CT molecular complexity index is 1280. The third kappa shape index (κ3) is 5.84. The van der Waals surface area contributed by atoms with E-state index < -0.39 is 0 Å². The molecule has 7 heteroatoms. The van der Waals surface area contributed by atoms with Crippen LogP contribution in [0.1, 0.15) is 42.7 Å². The van der Waals surface area contributed by atoms with Gasteiger partial charge in [0.2, 0.25) is 0 Å². The lowest BCUT2D eigenvalue weighted by molar-refractivity contribution is -0.0704. The standard InChI is InChI=1S/C28H30ClN3O3/c1-19-15-31(16-20(2)35-19)17-21-3-4-23-12-26(8-5-22(23)11-21)32-10-9-27(13-28(32)33)34-18-25-7-6-24(29)14-30-25/h3-4,6-7,9-14,19-20H,5,8,15-18H2,1-2H3/t19-,20+. The van der Waals surface area contributed by atoms with E-state index in [0.29, 0.717) is 10.8 Å². The summed E-state index contributed by atoms with van der Waals surface area (Å²) in [5.41, 5.74) is 5.49. The molecule has 1 saturated heterocycles. The highest BCUT2D eigenvalue weighted by molar-refractivity contribution is 6.30. The van der Waals surface area contributed by atoms with Crippen molar-refractivity contribution in [3.63, 3.8) is 0 Å². The highest BCUT2D eigenvalue weighted by atomic mass is 35.5. The number of hydrogen-bond acceptors (Lipinski definition) is 5. The van der Waals surface area contributed by atoms with Crippen molar-refractivity contribution in [3.8, 4) is 5.75 Å². The molecule has 6 nitrogen and oxygen atoms in total. The zero-order valence-electron chi connectivity index (χ0n) is 20.1. The lowest BCUT2D eigenvalue weighted by atomic mass is 9.93. The van der Waals surface area contributed by atoms with Gasteiger partial charge in [-0.3, -0.25) is 19.2 Å². The number of ether oxygens (including phenoxy) is 2. The molecule has 0 radical (unpaired) electrons. The number of hydrogen-bond donors (Lipinski definition) is 0. The minimum absolute atomic E-state index is 0.103. The minimum Gasteiger partial charge on any atom is -0.487 e. The van der Waals surface area contributed by atoms with Crippen molar-refractivity contribution in [2.24, 2.45) is 0 Å². The van der Waals surface area contributed by atoms with Crippen LogP contribution in [0.3, 0.4) is 0 Å². The van der Waals surface area contributed by atoms with Crippen LogP contribution in [0.5, 0.6) is 5.75 Å². The second kappa shape index (κ2) is 10.4. The average Bonchev–Trinajstić information content (AvgIpc) is 2.83. The molecular weight excluding hydrogens is 462 g/mol. The maximum Gasteiger partial charge on any atom is 0.258 e. The molecule has 182 valence electrons. The highest BCUT2D eigenvalue weighted by Crippen LogP contribution is 2.28. The summed E-state index contributed by atoms with van der Waals surface area (Å²) >= 11 is 5.87. The average molecular weight is 492 g/mol. The fourth-order valence-corrected chi connectivity index (χ4v) is 5.04. The predicted octanol–water partition coefficient (Wildman–Crippen LogP) is 5.03. The smallest absolute Gasteiger partial charge is 0.258 e. The number of aryl methyl sites for hydroxylation is 1. The van der Waals surface area contributed by atoms with E-state index in [9.17, 15) is 4.79 Å². The molecule has 2 aromatic heterocycles. The van der Waals surface area contributed by atoms with Gasteiger partial charge in [0.25, 0.3) is 5.56 Å². The third-order valence-corrected chi connectivity index (χ3v) is 6.68. The van der Waals surface area contributed by atoms with E-state index in [1.54, 1.807) is 29.1 Å². The monoisotopic (exact) mass is 491 g/mol. The van der Waals surface area contributed by atoms with Gasteiger partial charge < -0.3 is 9.47 Å². The molecule has 1 aliphatic heterocycles. The van der Waals surface area contributed by atoms with Gasteiger partial charge in [-0.05, 0) is 67.7 Å². The Kier molecular flexibility index (Phi) is 7.04. The molecule has 0 saturated carbocycles. The number of pyridine rings is 2. The summed E-state index contributed by atoms with van der Waals surface area (Å²) in [5, 5.41) is 0.580. The molecule has 3 aromatic rings. The van der Waals surface area contributed by atoms with Gasteiger partial charge in [0.1, 0.15) is 12.4 Å². The Morgan fingerprint density at radius 3 is 2.66 bits per heavy atom. The van der Waals surface area contributed by atoms with Crippen molar-refractivity contribution >= 4 is 23.4 Å². The number of allylic oxidation sites excluding steroid dienone is 1. The van der Waals surface area contributed by atoms with Gasteiger partial charge in [-0.15, -0.1) is 0 Å². The summed E-state index contributed by atoms with van der Waals surface area (Å²) in [5.74, 6) is 0.524. The first-order valence-electron chi connectivity index (χ1n) is 12.1. The molecule has 5 rings (SSSR count). The summed E-state index contributed by atoms with van der Waals surface area (Å²) < 4.78 is 13.3. The molecule has 1 fully saturated rings. The second-order valence-electron chi connectivity index (χ2n) is 9.45. The van der Waals surface area contributed by atoms with E-state index in [1.165, 1.54) is 22.8 Å². The molecule has 35 heavy (non-hydrogen) atoms. The maximum atomic E-state index is 12.8. The summed E-state index contributed by atoms with van der Waals surface area (Å²) in [7, 11) is 0. The molecule has 0 N–H and O–H groups in total. The van der Waals surface area contributed by atoms with Crippen molar-refractivity contribution in [1.29, 1.82) is 0 Å². The molecule has 0 amide bonds. The van der Waals surface area contributed by atoms with E-state index in [4.69, 9.17) is 21.1 Å². The zero-order chi connectivity index (χ0) is 24.4. The van der Waals surface area contributed by atoms with E-state index in [0.717, 1.165) is 43.9 Å². The molecule has 2 aliphatic rings. The molecular formula is C28H30ClN3O3. The third-order valence-electron chi connectivity index (χ3n) is 6.46. The Hall–Kier alpha value is -2.93. The first kappa shape index (κ1) is 23.8. The number of rotatable bonds is 6. The van der Waals surface area contributed by atoms with Crippen LogP contribution in [-0.4, -0.2) is 39.7 Å². The molecule has 0 bridgehead atoms. The highest BCUT2D eigenvalue weighted by Gasteiger charge is 2.22.